The highest BCUT2D eigenvalue weighted by atomic mass is 16.2. The molecule has 1 aliphatic rings. The molecule has 1 saturated carbocycles. The fourth-order valence-electron chi connectivity index (χ4n) is 2.19. The van der Waals surface area contributed by atoms with Gasteiger partial charge in [-0.05, 0) is 50.1 Å². The van der Waals surface area contributed by atoms with E-state index >= 15 is 0 Å². The molecular weight excluding hydrogens is 306 g/mol. The van der Waals surface area contributed by atoms with Gasteiger partial charge >= 0.3 is 0 Å². The Kier molecular flexibility index (Phi) is 4.41. The molecule has 0 saturated heterocycles. The second-order valence-electron chi connectivity index (χ2n) is 5.85. The van der Waals surface area contributed by atoms with Crippen molar-refractivity contribution in [3.8, 4) is 0 Å². The second kappa shape index (κ2) is 6.66. The molecule has 1 aliphatic carbocycles. The van der Waals surface area contributed by atoms with Gasteiger partial charge in [0.25, 0.3) is 5.91 Å². The van der Waals surface area contributed by atoms with Gasteiger partial charge < -0.3 is 16.0 Å². The van der Waals surface area contributed by atoms with Crippen LogP contribution in [0.25, 0.3) is 0 Å². The fourth-order valence-corrected chi connectivity index (χ4v) is 2.19. The molecule has 0 spiro atoms. The Morgan fingerprint density at radius 3 is 2.25 bits per heavy atom. The van der Waals surface area contributed by atoms with Crippen molar-refractivity contribution in [3.63, 3.8) is 0 Å². The molecule has 24 heavy (non-hydrogen) atoms. The average molecular weight is 325 g/mol. The molecule has 0 aliphatic heterocycles. The number of hydrogen-bond acceptors (Lipinski definition) is 5. The summed E-state index contributed by atoms with van der Waals surface area (Å²) in [6.07, 6.45) is 2.22. The van der Waals surface area contributed by atoms with E-state index in [2.05, 4.69) is 25.9 Å². The van der Waals surface area contributed by atoms with Crippen molar-refractivity contribution >= 4 is 29.1 Å². The topological polar surface area (TPSA) is 96.0 Å². The van der Waals surface area contributed by atoms with Crippen LogP contribution < -0.4 is 16.0 Å². The van der Waals surface area contributed by atoms with Crippen LogP contribution in [-0.4, -0.2) is 27.8 Å². The zero-order valence-corrected chi connectivity index (χ0v) is 13.6. The number of carbonyl (C=O) groups excluding carboxylic acids is 2. The van der Waals surface area contributed by atoms with Crippen molar-refractivity contribution in [3.05, 3.63) is 41.7 Å². The van der Waals surface area contributed by atoms with Gasteiger partial charge in [-0.15, -0.1) is 0 Å². The highest BCUT2D eigenvalue weighted by Gasteiger charge is 2.22. The lowest BCUT2D eigenvalue weighted by molar-refractivity contribution is -0.114. The molecule has 2 amide bonds. The van der Waals surface area contributed by atoms with E-state index in [1.165, 1.54) is 6.92 Å². The number of anilines is 3. The molecule has 3 N–H and O–H groups in total. The van der Waals surface area contributed by atoms with Crippen LogP contribution in [0.2, 0.25) is 0 Å². The Labute approximate surface area is 139 Å². The number of nitrogens with one attached hydrogen (secondary N) is 3. The summed E-state index contributed by atoms with van der Waals surface area (Å²) in [6.45, 7) is 3.28. The van der Waals surface area contributed by atoms with Crippen molar-refractivity contribution in [2.75, 3.05) is 16.0 Å². The molecule has 2 aromatic rings. The van der Waals surface area contributed by atoms with Crippen LogP contribution in [0.5, 0.6) is 0 Å². The highest BCUT2D eigenvalue weighted by Crippen LogP contribution is 2.23. The molecule has 7 nitrogen and oxygen atoms in total. The monoisotopic (exact) mass is 325 g/mol. The van der Waals surface area contributed by atoms with Crippen molar-refractivity contribution in [1.29, 1.82) is 0 Å². The minimum atomic E-state index is -0.299. The van der Waals surface area contributed by atoms with Gasteiger partial charge in [0.05, 0.1) is 0 Å². The predicted molar refractivity (Wildman–Crippen MR) is 92.1 cm³/mol. The van der Waals surface area contributed by atoms with Crippen molar-refractivity contribution < 1.29 is 9.59 Å². The van der Waals surface area contributed by atoms with Gasteiger partial charge in [-0.25, -0.2) is 9.97 Å². The third-order valence-corrected chi connectivity index (χ3v) is 3.46. The first-order chi connectivity index (χ1) is 11.5. The first kappa shape index (κ1) is 15.9. The Morgan fingerprint density at radius 2 is 1.67 bits per heavy atom. The van der Waals surface area contributed by atoms with Crippen LogP contribution in [0, 0.1) is 6.92 Å². The Morgan fingerprint density at radius 1 is 1.04 bits per heavy atom. The van der Waals surface area contributed by atoms with E-state index in [0.29, 0.717) is 29.1 Å². The first-order valence-corrected chi connectivity index (χ1v) is 7.81. The molecule has 7 heteroatoms. The smallest absolute Gasteiger partial charge is 0.274 e. The Balaban J connectivity index is 1.69. The minimum absolute atomic E-state index is 0.140. The van der Waals surface area contributed by atoms with E-state index in [0.717, 1.165) is 18.5 Å². The zero-order chi connectivity index (χ0) is 17.1. The quantitative estimate of drug-likeness (QED) is 0.785. The lowest BCUT2D eigenvalue weighted by Gasteiger charge is -2.09. The molecule has 0 atom stereocenters. The third kappa shape index (κ3) is 4.28. The normalized spacial score (nSPS) is 13.2. The minimum Gasteiger partial charge on any atom is -0.351 e. The maximum absolute atomic E-state index is 12.4. The largest absolute Gasteiger partial charge is 0.351 e. The molecule has 1 heterocycles. The van der Waals surface area contributed by atoms with Crippen LogP contribution in [0.15, 0.2) is 30.3 Å². The number of carbonyl (C=O) groups is 2. The lowest BCUT2D eigenvalue weighted by Crippen LogP contribution is -2.16. The Hall–Kier alpha value is -2.96. The molecule has 124 valence electrons. The molecular formula is C17H19N5O2. The summed E-state index contributed by atoms with van der Waals surface area (Å²) < 4.78 is 0. The summed E-state index contributed by atoms with van der Waals surface area (Å²) in [4.78, 5) is 32.0. The standard InChI is InChI=1S/C17H19N5O2/c1-10-9-15(22-17(18-10)21-14-7-8-14)16(24)20-13-5-3-12(4-6-13)19-11(2)23/h3-6,9,14H,7-8H2,1-2H3,(H,19,23)(H,20,24)(H,18,21,22). The molecule has 0 radical (unpaired) electrons. The number of amides is 2. The van der Waals surface area contributed by atoms with Gasteiger partial charge in [0.1, 0.15) is 5.69 Å². The van der Waals surface area contributed by atoms with Crippen LogP contribution in [0.1, 0.15) is 35.9 Å². The van der Waals surface area contributed by atoms with Gasteiger partial charge in [-0.3, -0.25) is 9.59 Å². The van der Waals surface area contributed by atoms with E-state index in [-0.39, 0.29) is 11.8 Å². The number of nitrogens with zero attached hydrogens (tertiary/aromatic N) is 2. The number of aromatic nitrogens is 2. The van der Waals surface area contributed by atoms with Crippen LogP contribution in [0.3, 0.4) is 0 Å². The number of hydrogen-bond donors (Lipinski definition) is 3. The van der Waals surface area contributed by atoms with E-state index in [1.807, 2.05) is 6.92 Å². The maximum Gasteiger partial charge on any atom is 0.274 e. The van der Waals surface area contributed by atoms with E-state index in [4.69, 9.17) is 0 Å². The molecule has 0 bridgehead atoms. The summed E-state index contributed by atoms with van der Waals surface area (Å²) >= 11 is 0. The second-order valence-corrected chi connectivity index (χ2v) is 5.85. The summed E-state index contributed by atoms with van der Waals surface area (Å²) in [5, 5.41) is 8.67. The Bertz CT molecular complexity index is 769. The zero-order valence-electron chi connectivity index (χ0n) is 13.6. The predicted octanol–water partition coefficient (Wildman–Crippen LogP) is 2.57. The highest BCUT2D eigenvalue weighted by molar-refractivity contribution is 6.03. The van der Waals surface area contributed by atoms with Gasteiger partial charge in [0.15, 0.2) is 0 Å². The third-order valence-electron chi connectivity index (χ3n) is 3.46. The van der Waals surface area contributed by atoms with Gasteiger partial charge in [0.2, 0.25) is 11.9 Å². The van der Waals surface area contributed by atoms with Crippen LogP contribution >= 0.6 is 0 Å². The molecule has 0 unspecified atom stereocenters. The number of benzene rings is 1. The maximum atomic E-state index is 12.4. The molecule has 1 aromatic carbocycles. The summed E-state index contributed by atoms with van der Waals surface area (Å²) in [7, 11) is 0. The SMILES string of the molecule is CC(=O)Nc1ccc(NC(=O)c2cc(C)nc(NC3CC3)n2)cc1. The fraction of sp³-hybridized carbons (Fsp3) is 0.294. The first-order valence-electron chi connectivity index (χ1n) is 7.81. The number of aryl methyl sites for hydroxylation is 1. The van der Waals surface area contributed by atoms with Crippen molar-refractivity contribution in [2.45, 2.75) is 32.7 Å². The van der Waals surface area contributed by atoms with Crippen LogP contribution in [-0.2, 0) is 4.79 Å². The molecule has 1 aromatic heterocycles. The van der Waals surface area contributed by atoms with Gasteiger partial charge in [-0.2, -0.15) is 0 Å². The summed E-state index contributed by atoms with van der Waals surface area (Å²) in [5.41, 5.74) is 2.35. The van der Waals surface area contributed by atoms with Crippen molar-refractivity contribution in [2.24, 2.45) is 0 Å². The van der Waals surface area contributed by atoms with E-state index < -0.39 is 0 Å². The lowest BCUT2D eigenvalue weighted by atomic mass is 10.2. The van der Waals surface area contributed by atoms with Gasteiger partial charge in [0, 0.05) is 30.0 Å². The average Bonchev–Trinajstić information content (AvgIpc) is 3.32. The molecule has 3 rings (SSSR count). The van der Waals surface area contributed by atoms with Crippen LogP contribution in [0.4, 0.5) is 17.3 Å². The summed E-state index contributed by atoms with van der Waals surface area (Å²) in [5.74, 6) is 0.0502. The number of rotatable bonds is 5. The molecule has 1 fully saturated rings. The van der Waals surface area contributed by atoms with Gasteiger partial charge in [-0.1, -0.05) is 0 Å². The summed E-state index contributed by atoms with van der Waals surface area (Å²) in [6, 6.07) is 8.97. The van der Waals surface area contributed by atoms with E-state index in [1.54, 1.807) is 30.3 Å². The van der Waals surface area contributed by atoms with Crippen molar-refractivity contribution in [1.82, 2.24) is 9.97 Å². The van der Waals surface area contributed by atoms with E-state index in [9.17, 15) is 9.59 Å².